The van der Waals surface area contributed by atoms with Gasteiger partial charge in [0, 0.05) is 18.0 Å². The van der Waals surface area contributed by atoms with E-state index in [0.29, 0.717) is 35.3 Å². The topological polar surface area (TPSA) is 85.2 Å². The van der Waals surface area contributed by atoms with Gasteiger partial charge in [-0.15, -0.1) is 5.10 Å². The highest BCUT2D eigenvalue weighted by atomic mass is 32.2. The molecule has 0 bridgehead atoms. The van der Waals surface area contributed by atoms with Gasteiger partial charge in [-0.3, -0.25) is 9.10 Å². The molecule has 0 spiro atoms. The smallest absolute Gasteiger partial charge is 0.234 e. The van der Waals surface area contributed by atoms with E-state index in [0.717, 1.165) is 29.9 Å². The zero-order valence-electron chi connectivity index (χ0n) is 17.8. The van der Waals surface area contributed by atoms with Crippen LogP contribution in [0.25, 0.3) is 5.69 Å². The highest BCUT2D eigenvalue weighted by Gasteiger charge is 2.31. The van der Waals surface area contributed by atoms with Crippen LogP contribution >= 0.6 is 11.8 Å². The Morgan fingerprint density at radius 2 is 1.94 bits per heavy atom. The molecule has 0 N–H and O–H groups in total. The lowest BCUT2D eigenvalue weighted by atomic mass is 10.1. The van der Waals surface area contributed by atoms with Crippen LogP contribution in [-0.2, 0) is 16.4 Å². The maximum Gasteiger partial charge on any atom is 0.234 e. The van der Waals surface area contributed by atoms with Crippen LogP contribution in [0.3, 0.4) is 0 Å². The molecular formula is C23H24N4O3S2. The van der Waals surface area contributed by atoms with E-state index in [2.05, 4.69) is 5.10 Å². The Bertz CT molecular complexity index is 1270. The average Bonchev–Trinajstić information content (AvgIpc) is 3.42. The molecule has 1 aliphatic heterocycles. The molecule has 0 amide bonds. The van der Waals surface area contributed by atoms with Gasteiger partial charge in [0.05, 0.1) is 22.9 Å². The van der Waals surface area contributed by atoms with Gasteiger partial charge < -0.3 is 0 Å². The Morgan fingerprint density at radius 3 is 2.66 bits per heavy atom. The zero-order chi connectivity index (χ0) is 22.3. The van der Waals surface area contributed by atoms with Crippen molar-refractivity contribution in [3.8, 4) is 5.69 Å². The van der Waals surface area contributed by atoms with Crippen molar-refractivity contribution >= 4 is 33.3 Å². The third-order valence-electron chi connectivity index (χ3n) is 5.84. The first-order valence-electron chi connectivity index (χ1n) is 10.8. The van der Waals surface area contributed by atoms with Crippen molar-refractivity contribution in [2.24, 2.45) is 0 Å². The molecule has 5 rings (SSSR count). The van der Waals surface area contributed by atoms with E-state index in [1.165, 1.54) is 16.1 Å². The van der Waals surface area contributed by atoms with Gasteiger partial charge in [-0.1, -0.05) is 30.0 Å². The minimum Gasteiger partial charge on any atom is -0.293 e. The van der Waals surface area contributed by atoms with Gasteiger partial charge in [0.2, 0.25) is 15.2 Å². The Kier molecular flexibility index (Phi) is 5.54. The largest absolute Gasteiger partial charge is 0.293 e. The van der Waals surface area contributed by atoms with E-state index in [4.69, 9.17) is 4.98 Å². The van der Waals surface area contributed by atoms with Crippen molar-refractivity contribution in [1.29, 1.82) is 0 Å². The zero-order valence-corrected chi connectivity index (χ0v) is 19.4. The highest BCUT2D eigenvalue weighted by molar-refractivity contribution is 7.99. The number of Topliss-reactive ketones (excluding diaryl/α,β-unsaturated/α-hetero) is 1. The van der Waals surface area contributed by atoms with Crippen LogP contribution in [0.4, 0.5) is 5.69 Å². The van der Waals surface area contributed by atoms with Gasteiger partial charge in [0.25, 0.3) is 0 Å². The molecule has 2 aromatic carbocycles. The lowest BCUT2D eigenvalue weighted by Crippen LogP contribution is -2.30. The van der Waals surface area contributed by atoms with Crippen LogP contribution in [0.15, 0.2) is 53.7 Å². The number of hydrogen-bond acceptors (Lipinski definition) is 6. The molecule has 32 heavy (non-hydrogen) atoms. The third kappa shape index (κ3) is 4.06. The maximum atomic E-state index is 12.8. The minimum atomic E-state index is -3.29. The van der Waals surface area contributed by atoms with Gasteiger partial charge in [0.1, 0.15) is 5.82 Å². The number of nitrogens with zero attached hydrogens (tertiary/aromatic N) is 4. The van der Waals surface area contributed by atoms with Crippen LogP contribution in [-0.4, -0.2) is 47.0 Å². The quantitative estimate of drug-likeness (QED) is 0.369. The van der Waals surface area contributed by atoms with Gasteiger partial charge >= 0.3 is 0 Å². The molecule has 0 unspecified atom stereocenters. The maximum absolute atomic E-state index is 12.8. The van der Waals surface area contributed by atoms with Gasteiger partial charge in [0.15, 0.2) is 5.78 Å². The fourth-order valence-corrected chi connectivity index (χ4v) is 5.82. The van der Waals surface area contributed by atoms with Gasteiger partial charge in [-0.25, -0.2) is 18.1 Å². The van der Waals surface area contributed by atoms with Crippen molar-refractivity contribution < 1.29 is 13.2 Å². The van der Waals surface area contributed by atoms with Crippen LogP contribution in [0.5, 0.6) is 0 Å². The first-order valence-corrected chi connectivity index (χ1v) is 13.4. The second kappa shape index (κ2) is 8.37. The predicted octanol–water partition coefficient (Wildman–Crippen LogP) is 3.83. The number of hydrogen-bond donors (Lipinski definition) is 0. The normalized spacial score (nSPS) is 15.7. The molecule has 0 atom stereocenters. The number of thioether (sulfide) groups is 1. The van der Waals surface area contributed by atoms with E-state index in [1.807, 2.05) is 41.1 Å². The second-order valence-electron chi connectivity index (χ2n) is 8.05. The Balaban J connectivity index is 1.31. The van der Waals surface area contributed by atoms with E-state index in [9.17, 15) is 13.2 Å². The summed E-state index contributed by atoms with van der Waals surface area (Å²) in [5.74, 6) is 1.68. The number of rotatable bonds is 8. The number of ketones is 1. The molecule has 3 aromatic rings. The fourth-order valence-electron chi connectivity index (χ4n) is 3.93. The molecular weight excluding hydrogens is 444 g/mol. The monoisotopic (exact) mass is 468 g/mol. The second-order valence-corrected chi connectivity index (χ2v) is 11.2. The lowest BCUT2D eigenvalue weighted by Gasteiger charge is -2.18. The van der Waals surface area contributed by atoms with Gasteiger partial charge in [-0.05, 0) is 62.1 Å². The number of carbonyl (C=O) groups is 1. The van der Waals surface area contributed by atoms with Crippen molar-refractivity contribution in [3.05, 3.63) is 65.5 Å². The molecule has 0 saturated heterocycles. The third-order valence-corrected chi connectivity index (χ3v) is 8.46. The summed E-state index contributed by atoms with van der Waals surface area (Å²) in [4.78, 5) is 17.6. The molecule has 1 saturated carbocycles. The van der Waals surface area contributed by atoms with Crippen LogP contribution in [0.2, 0.25) is 0 Å². The molecule has 2 aliphatic rings. The first kappa shape index (κ1) is 21.2. The number of para-hydroxylation sites is 1. The van der Waals surface area contributed by atoms with Crippen molar-refractivity contribution in [2.75, 3.05) is 22.4 Å². The SMILES string of the molecule is CCS(=O)(=O)N1CCc2cc(C(=O)CSc3nc(C4CC4)n(-c4ccccc4)n3)ccc21. The molecule has 1 aromatic heterocycles. The lowest BCUT2D eigenvalue weighted by molar-refractivity contribution is 0.102. The predicted molar refractivity (Wildman–Crippen MR) is 125 cm³/mol. The molecule has 7 nitrogen and oxygen atoms in total. The first-order chi connectivity index (χ1) is 15.5. The average molecular weight is 469 g/mol. The molecule has 1 fully saturated rings. The van der Waals surface area contributed by atoms with Crippen LogP contribution in [0.1, 0.15) is 47.4 Å². The van der Waals surface area contributed by atoms with E-state index in [1.54, 1.807) is 19.1 Å². The summed E-state index contributed by atoms with van der Waals surface area (Å²) in [6.07, 6.45) is 2.86. The Morgan fingerprint density at radius 1 is 1.16 bits per heavy atom. The number of aromatic nitrogens is 3. The van der Waals surface area contributed by atoms with E-state index < -0.39 is 10.0 Å². The number of carbonyl (C=O) groups excluding carboxylic acids is 1. The number of anilines is 1. The molecule has 9 heteroatoms. The highest BCUT2D eigenvalue weighted by Crippen LogP contribution is 2.40. The molecule has 166 valence electrons. The van der Waals surface area contributed by atoms with Crippen molar-refractivity contribution in [1.82, 2.24) is 14.8 Å². The molecule has 0 radical (unpaired) electrons. The Labute approximate surface area is 191 Å². The standard InChI is InChI=1S/C23H24N4O3S2/c1-2-32(29,30)26-13-12-17-14-18(10-11-20(17)26)21(28)15-31-23-24-22(16-8-9-16)27(25-23)19-6-4-3-5-7-19/h3-7,10-11,14,16H,2,8-9,12-13,15H2,1H3. The van der Waals surface area contributed by atoms with Gasteiger partial charge in [-0.2, -0.15) is 0 Å². The molecule has 2 heterocycles. The van der Waals surface area contributed by atoms with E-state index >= 15 is 0 Å². The van der Waals surface area contributed by atoms with Crippen molar-refractivity contribution in [2.45, 2.75) is 37.3 Å². The fraction of sp³-hybridized carbons (Fsp3) is 0.348. The summed E-state index contributed by atoms with van der Waals surface area (Å²) in [5.41, 5.74) is 3.16. The Hall–Kier alpha value is -2.65. The van der Waals surface area contributed by atoms with E-state index in [-0.39, 0.29) is 17.3 Å². The molecule has 1 aliphatic carbocycles. The van der Waals surface area contributed by atoms with Crippen LogP contribution < -0.4 is 4.31 Å². The summed E-state index contributed by atoms with van der Waals surface area (Å²) in [5, 5.41) is 5.26. The summed E-state index contributed by atoms with van der Waals surface area (Å²) in [7, 11) is -3.29. The summed E-state index contributed by atoms with van der Waals surface area (Å²) >= 11 is 1.34. The summed E-state index contributed by atoms with van der Waals surface area (Å²) in [6, 6.07) is 15.2. The van der Waals surface area contributed by atoms with Crippen molar-refractivity contribution in [3.63, 3.8) is 0 Å². The minimum absolute atomic E-state index is 0.0152. The van der Waals surface area contributed by atoms with Crippen LogP contribution in [0, 0.1) is 0 Å². The number of sulfonamides is 1. The number of benzene rings is 2. The summed E-state index contributed by atoms with van der Waals surface area (Å²) in [6.45, 7) is 2.08. The number of fused-ring (bicyclic) bond motifs is 1. The summed E-state index contributed by atoms with van der Waals surface area (Å²) < 4.78 is 27.9.